The number of nitriles is 1. The molecular weight excluding hydrogens is 298 g/mol. The Morgan fingerprint density at radius 2 is 2.41 bits per heavy atom. The molecule has 90 valence electrons. The first-order chi connectivity index (χ1) is 8.11. The number of nitrogens with one attached hydrogen (secondary N) is 1. The van der Waals surface area contributed by atoms with Crippen LogP contribution in [0.1, 0.15) is 19.8 Å². The normalized spacial score (nSPS) is 18.4. The first-order valence-electron chi connectivity index (χ1n) is 5.55. The smallest absolute Gasteiger partial charge is 0.113 e. The second kappa shape index (κ2) is 5.38. The molecule has 17 heavy (non-hydrogen) atoms. The molecule has 1 unspecified atom stereocenters. The van der Waals surface area contributed by atoms with E-state index in [1.165, 1.54) is 12.8 Å². The van der Waals surface area contributed by atoms with Crippen LogP contribution in [0, 0.1) is 11.3 Å². The van der Waals surface area contributed by atoms with E-state index in [4.69, 9.17) is 0 Å². The number of halogens is 1. The summed E-state index contributed by atoms with van der Waals surface area (Å²) in [5.41, 5.74) is -0.458. The minimum atomic E-state index is -0.458. The van der Waals surface area contributed by atoms with Crippen LogP contribution in [-0.2, 0) is 0 Å². The minimum absolute atomic E-state index is 0.458. The van der Waals surface area contributed by atoms with Crippen molar-refractivity contribution in [2.24, 2.45) is 0 Å². The molecule has 1 fully saturated rings. The molecular formula is C12H14BrN3S. The van der Waals surface area contributed by atoms with Gasteiger partial charge in [0, 0.05) is 22.5 Å². The van der Waals surface area contributed by atoms with E-state index in [9.17, 15) is 5.26 Å². The molecule has 1 aliphatic rings. The number of nitrogens with zero attached hydrogens (tertiary/aromatic N) is 2. The predicted molar refractivity (Wildman–Crippen MR) is 72.8 cm³/mol. The van der Waals surface area contributed by atoms with E-state index in [1.54, 1.807) is 18.0 Å². The molecule has 1 aromatic heterocycles. The van der Waals surface area contributed by atoms with Crippen LogP contribution in [0.3, 0.4) is 0 Å². The van der Waals surface area contributed by atoms with Crippen molar-refractivity contribution >= 4 is 27.7 Å². The monoisotopic (exact) mass is 311 g/mol. The number of rotatable bonds is 5. The van der Waals surface area contributed by atoms with E-state index in [2.05, 4.69) is 32.3 Å². The lowest BCUT2D eigenvalue weighted by molar-refractivity contribution is 0.490. The molecule has 0 aliphatic heterocycles. The minimum Gasteiger partial charge on any atom is -0.296 e. The highest BCUT2D eigenvalue weighted by Crippen LogP contribution is 2.26. The van der Waals surface area contributed by atoms with Gasteiger partial charge in [0.1, 0.15) is 5.54 Å². The van der Waals surface area contributed by atoms with Crippen molar-refractivity contribution < 1.29 is 0 Å². The largest absolute Gasteiger partial charge is 0.296 e. The lowest BCUT2D eigenvalue weighted by Gasteiger charge is -2.22. The van der Waals surface area contributed by atoms with Gasteiger partial charge >= 0.3 is 0 Å². The highest BCUT2D eigenvalue weighted by Gasteiger charge is 2.32. The van der Waals surface area contributed by atoms with Gasteiger partial charge in [-0.1, -0.05) is 0 Å². The number of hydrogen-bond donors (Lipinski definition) is 1. The summed E-state index contributed by atoms with van der Waals surface area (Å²) < 4.78 is 0.973. The Bertz CT molecular complexity index is 424. The molecule has 0 bridgehead atoms. The lowest BCUT2D eigenvalue weighted by Crippen LogP contribution is -2.44. The fourth-order valence-corrected chi connectivity index (χ4v) is 2.56. The maximum atomic E-state index is 9.23. The van der Waals surface area contributed by atoms with Crippen molar-refractivity contribution in [3.8, 4) is 6.07 Å². The Labute approximate surface area is 114 Å². The van der Waals surface area contributed by atoms with Crippen LogP contribution in [0.2, 0.25) is 0 Å². The molecule has 0 amide bonds. The summed E-state index contributed by atoms with van der Waals surface area (Å²) in [4.78, 5) is 4.29. The topological polar surface area (TPSA) is 48.7 Å². The SMILES string of the molecule is CC(C#N)(CSc1ccc(Br)cn1)NC1CC1. The van der Waals surface area contributed by atoms with Gasteiger partial charge in [-0.15, -0.1) is 11.8 Å². The fourth-order valence-electron chi connectivity index (χ4n) is 1.45. The summed E-state index contributed by atoms with van der Waals surface area (Å²) in [5, 5.41) is 13.6. The maximum absolute atomic E-state index is 9.23. The van der Waals surface area contributed by atoms with Gasteiger partial charge in [0.05, 0.1) is 11.1 Å². The zero-order chi connectivity index (χ0) is 12.3. The summed E-state index contributed by atoms with van der Waals surface area (Å²) in [7, 11) is 0. The number of pyridine rings is 1. The zero-order valence-electron chi connectivity index (χ0n) is 9.61. The lowest BCUT2D eigenvalue weighted by atomic mass is 10.1. The van der Waals surface area contributed by atoms with Gasteiger partial charge in [-0.2, -0.15) is 5.26 Å². The van der Waals surface area contributed by atoms with E-state index in [-0.39, 0.29) is 0 Å². The average molecular weight is 312 g/mol. The average Bonchev–Trinajstić information content (AvgIpc) is 3.12. The van der Waals surface area contributed by atoms with E-state index in [1.807, 2.05) is 19.1 Å². The van der Waals surface area contributed by atoms with E-state index in [0.717, 1.165) is 9.50 Å². The maximum Gasteiger partial charge on any atom is 0.113 e. The number of hydrogen-bond acceptors (Lipinski definition) is 4. The Morgan fingerprint density at radius 3 is 2.94 bits per heavy atom. The third kappa shape index (κ3) is 3.98. The van der Waals surface area contributed by atoms with Crippen LogP contribution < -0.4 is 5.32 Å². The Kier molecular flexibility index (Phi) is 4.08. The summed E-state index contributed by atoms with van der Waals surface area (Å²) in [6, 6.07) is 6.83. The number of thioether (sulfide) groups is 1. The van der Waals surface area contributed by atoms with Crippen molar-refractivity contribution in [3.63, 3.8) is 0 Å². The quantitative estimate of drug-likeness (QED) is 0.849. The van der Waals surface area contributed by atoms with Gasteiger partial charge in [0.25, 0.3) is 0 Å². The summed E-state index contributed by atoms with van der Waals surface area (Å²) in [5.74, 6) is 0.717. The third-order valence-corrected chi connectivity index (χ3v) is 4.28. The van der Waals surface area contributed by atoms with Gasteiger partial charge < -0.3 is 0 Å². The van der Waals surface area contributed by atoms with Gasteiger partial charge in [0.15, 0.2) is 0 Å². The second-order valence-corrected chi connectivity index (χ2v) is 6.38. The zero-order valence-corrected chi connectivity index (χ0v) is 12.0. The molecule has 1 saturated carbocycles. The summed E-state index contributed by atoms with van der Waals surface area (Å²) >= 11 is 4.97. The first kappa shape index (κ1) is 12.9. The van der Waals surface area contributed by atoms with Crippen molar-refractivity contribution in [1.82, 2.24) is 10.3 Å². The Morgan fingerprint density at radius 1 is 1.65 bits per heavy atom. The van der Waals surface area contributed by atoms with Crippen LogP contribution in [0.25, 0.3) is 0 Å². The number of aromatic nitrogens is 1. The fraction of sp³-hybridized carbons (Fsp3) is 0.500. The van der Waals surface area contributed by atoms with Crippen LogP contribution in [0.4, 0.5) is 0 Å². The molecule has 1 atom stereocenters. The first-order valence-corrected chi connectivity index (χ1v) is 7.32. The van der Waals surface area contributed by atoms with Crippen molar-refractivity contribution in [1.29, 1.82) is 5.26 Å². The standard InChI is InChI=1S/C12H14BrN3S/c1-12(7-14,16-10-3-4-10)8-17-11-5-2-9(13)6-15-11/h2,5-6,10,16H,3-4,8H2,1H3. The molecule has 1 N–H and O–H groups in total. The second-order valence-electron chi connectivity index (χ2n) is 4.47. The van der Waals surface area contributed by atoms with E-state index < -0.39 is 5.54 Å². The molecule has 0 spiro atoms. The van der Waals surface area contributed by atoms with Gasteiger partial charge in [-0.05, 0) is 47.8 Å². The Hall–Kier alpha value is -0.570. The molecule has 1 heterocycles. The van der Waals surface area contributed by atoms with Gasteiger partial charge in [-0.3, -0.25) is 5.32 Å². The van der Waals surface area contributed by atoms with Crippen LogP contribution in [-0.4, -0.2) is 22.3 Å². The van der Waals surface area contributed by atoms with E-state index >= 15 is 0 Å². The van der Waals surface area contributed by atoms with Gasteiger partial charge in [-0.25, -0.2) is 4.98 Å². The molecule has 5 heteroatoms. The molecule has 2 rings (SSSR count). The van der Waals surface area contributed by atoms with Crippen LogP contribution in [0.5, 0.6) is 0 Å². The third-order valence-electron chi connectivity index (χ3n) is 2.56. The predicted octanol–water partition coefficient (Wildman–Crippen LogP) is 2.97. The van der Waals surface area contributed by atoms with Crippen molar-refractivity contribution in [2.45, 2.75) is 36.4 Å². The molecule has 0 radical (unpaired) electrons. The molecule has 1 aromatic rings. The highest BCUT2D eigenvalue weighted by atomic mass is 79.9. The summed E-state index contributed by atoms with van der Waals surface area (Å²) in [6.07, 6.45) is 4.16. The highest BCUT2D eigenvalue weighted by molar-refractivity contribution is 9.10. The molecule has 0 saturated heterocycles. The van der Waals surface area contributed by atoms with Crippen molar-refractivity contribution in [3.05, 3.63) is 22.8 Å². The Balaban J connectivity index is 1.91. The van der Waals surface area contributed by atoms with Crippen molar-refractivity contribution in [2.75, 3.05) is 5.75 Å². The molecule has 1 aliphatic carbocycles. The van der Waals surface area contributed by atoms with Crippen LogP contribution in [0.15, 0.2) is 27.8 Å². The summed E-state index contributed by atoms with van der Waals surface area (Å²) in [6.45, 7) is 1.96. The molecule has 3 nitrogen and oxygen atoms in total. The van der Waals surface area contributed by atoms with Gasteiger partial charge in [0.2, 0.25) is 0 Å². The van der Waals surface area contributed by atoms with Crippen LogP contribution >= 0.6 is 27.7 Å². The molecule has 0 aromatic carbocycles. The van der Waals surface area contributed by atoms with E-state index in [0.29, 0.717) is 11.8 Å².